The Morgan fingerprint density at radius 1 is 1.15 bits per heavy atom. The van der Waals surface area contributed by atoms with Gasteiger partial charge in [0.25, 0.3) is 11.6 Å². The smallest absolute Gasteiger partial charge is 0.453 e. The van der Waals surface area contributed by atoms with Gasteiger partial charge in [0, 0.05) is 30.8 Å². The minimum absolute atomic E-state index is 0.0382. The van der Waals surface area contributed by atoms with E-state index in [0.29, 0.717) is 31.0 Å². The summed E-state index contributed by atoms with van der Waals surface area (Å²) in [5.41, 5.74) is 0.577. The van der Waals surface area contributed by atoms with Gasteiger partial charge in [-0.15, -0.1) is 5.10 Å². The van der Waals surface area contributed by atoms with E-state index in [2.05, 4.69) is 25.3 Å². The number of fused-ring (bicyclic) bond motifs is 2. The normalized spacial score (nSPS) is 23.9. The average Bonchev–Trinajstić information content (AvgIpc) is 3.18. The van der Waals surface area contributed by atoms with Crippen LogP contribution in [0.2, 0.25) is 0 Å². The SMILES string of the molecule is CC1CN(C2COc3cc(F)ccc3C2Nc2cc(F)nc3nc(C(F)(F)F)nn23)CCO1. The first-order chi connectivity index (χ1) is 15.7. The van der Waals surface area contributed by atoms with Gasteiger partial charge in [-0.3, -0.25) is 4.90 Å². The molecular formula is C20H19F5N6O2. The van der Waals surface area contributed by atoms with Crippen LogP contribution in [0.5, 0.6) is 5.75 Å². The van der Waals surface area contributed by atoms with Crippen molar-refractivity contribution < 1.29 is 31.4 Å². The molecule has 33 heavy (non-hydrogen) atoms. The van der Waals surface area contributed by atoms with Crippen molar-refractivity contribution in [2.45, 2.75) is 31.3 Å². The maximum absolute atomic E-state index is 14.2. The number of aromatic nitrogens is 4. The number of nitrogens with one attached hydrogen (secondary N) is 1. The van der Waals surface area contributed by atoms with Crippen molar-refractivity contribution in [3.8, 4) is 5.75 Å². The number of anilines is 1. The summed E-state index contributed by atoms with van der Waals surface area (Å²) in [6.45, 7) is 3.78. The Kier molecular flexibility index (Phi) is 5.32. The number of nitrogens with zero attached hydrogens (tertiary/aromatic N) is 5. The van der Waals surface area contributed by atoms with Gasteiger partial charge >= 0.3 is 6.18 Å². The summed E-state index contributed by atoms with van der Waals surface area (Å²) in [6.07, 6.45) is -4.86. The fraction of sp³-hybridized carbons (Fsp3) is 0.450. The molecule has 0 bridgehead atoms. The van der Waals surface area contributed by atoms with Crippen LogP contribution in [0.15, 0.2) is 24.3 Å². The number of halogens is 5. The maximum atomic E-state index is 14.2. The van der Waals surface area contributed by atoms with Crippen LogP contribution in [-0.2, 0) is 10.9 Å². The van der Waals surface area contributed by atoms with Gasteiger partial charge in [-0.1, -0.05) is 6.07 Å². The van der Waals surface area contributed by atoms with E-state index in [1.807, 2.05) is 6.92 Å². The van der Waals surface area contributed by atoms with Gasteiger partial charge in [0.15, 0.2) is 0 Å². The van der Waals surface area contributed by atoms with Crippen LogP contribution in [0.3, 0.4) is 0 Å². The standard InChI is InChI=1S/C20H19F5N6O2/c1-10-8-30(4-5-32-10)13-9-33-14-6-11(21)2-3-12(14)17(13)27-16-7-15(22)26-19-28-18(20(23,24)25)29-31(16)19/h2-3,6-7,10,13,17,27H,4-5,8-9H2,1H3. The van der Waals surface area contributed by atoms with E-state index in [0.717, 1.165) is 10.6 Å². The largest absolute Gasteiger partial charge is 0.491 e. The minimum atomic E-state index is -4.82. The molecule has 13 heteroatoms. The molecule has 8 nitrogen and oxygen atoms in total. The van der Waals surface area contributed by atoms with Crippen LogP contribution < -0.4 is 10.1 Å². The van der Waals surface area contributed by atoms with Crippen LogP contribution in [0.4, 0.5) is 27.8 Å². The number of rotatable bonds is 3. The third-order valence-electron chi connectivity index (χ3n) is 5.68. The number of ether oxygens (including phenoxy) is 2. The Morgan fingerprint density at radius 2 is 1.97 bits per heavy atom. The molecular weight excluding hydrogens is 451 g/mol. The first-order valence-electron chi connectivity index (χ1n) is 10.2. The zero-order chi connectivity index (χ0) is 23.3. The highest BCUT2D eigenvalue weighted by atomic mass is 19.4. The lowest BCUT2D eigenvalue weighted by Crippen LogP contribution is -2.54. The summed E-state index contributed by atoms with van der Waals surface area (Å²) in [5.74, 6) is -3.26. The molecule has 2 aliphatic heterocycles. The molecule has 0 radical (unpaired) electrons. The van der Waals surface area contributed by atoms with E-state index in [4.69, 9.17) is 9.47 Å². The zero-order valence-corrected chi connectivity index (χ0v) is 17.3. The molecule has 0 saturated carbocycles. The molecule has 0 amide bonds. The maximum Gasteiger partial charge on any atom is 0.453 e. The molecule has 3 atom stereocenters. The minimum Gasteiger partial charge on any atom is -0.491 e. The quantitative estimate of drug-likeness (QED) is 0.466. The summed E-state index contributed by atoms with van der Waals surface area (Å²) >= 11 is 0. The molecule has 1 aromatic carbocycles. The number of alkyl halides is 3. The van der Waals surface area contributed by atoms with Gasteiger partial charge in [0.05, 0.1) is 24.8 Å². The van der Waals surface area contributed by atoms with E-state index in [1.165, 1.54) is 18.2 Å². The highest BCUT2D eigenvalue weighted by Gasteiger charge is 2.39. The predicted octanol–water partition coefficient (Wildman–Crippen LogP) is 3.06. The Bertz CT molecular complexity index is 1190. The second-order valence-corrected chi connectivity index (χ2v) is 7.97. The van der Waals surface area contributed by atoms with Gasteiger partial charge in [-0.2, -0.15) is 32.0 Å². The van der Waals surface area contributed by atoms with E-state index in [1.54, 1.807) is 0 Å². The molecule has 1 saturated heterocycles. The molecule has 4 heterocycles. The van der Waals surface area contributed by atoms with Crippen LogP contribution >= 0.6 is 0 Å². The lowest BCUT2D eigenvalue weighted by molar-refractivity contribution is -0.144. The van der Waals surface area contributed by atoms with E-state index in [-0.39, 0.29) is 24.6 Å². The van der Waals surface area contributed by atoms with Crippen molar-refractivity contribution in [1.29, 1.82) is 0 Å². The third-order valence-corrected chi connectivity index (χ3v) is 5.68. The highest BCUT2D eigenvalue weighted by Crippen LogP contribution is 2.38. The van der Waals surface area contributed by atoms with Crippen molar-refractivity contribution in [2.24, 2.45) is 0 Å². The topological polar surface area (TPSA) is 76.8 Å². The van der Waals surface area contributed by atoms with Gasteiger partial charge in [-0.25, -0.2) is 4.39 Å². The van der Waals surface area contributed by atoms with Gasteiger partial charge in [0.2, 0.25) is 5.95 Å². The Balaban J connectivity index is 1.58. The van der Waals surface area contributed by atoms with Crippen LogP contribution in [0.1, 0.15) is 24.4 Å². The molecule has 3 aromatic rings. The summed E-state index contributed by atoms with van der Waals surface area (Å²) in [5, 5.41) is 6.57. The molecule has 0 aliphatic carbocycles. The fourth-order valence-corrected chi connectivity index (χ4v) is 4.23. The lowest BCUT2D eigenvalue weighted by Gasteiger charge is -2.43. The zero-order valence-electron chi connectivity index (χ0n) is 17.3. The molecule has 1 N–H and O–H groups in total. The number of hydrogen-bond donors (Lipinski definition) is 1. The fourth-order valence-electron chi connectivity index (χ4n) is 4.23. The number of morpholine rings is 1. The highest BCUT2D eigenvalue weighted by molar-refractivity contribution is 5.49. The van der Waals surface area contributed by atoms with Crippen molar-refractivity contribution in [3.63, 3.8) is 0 Å². The molecule has 0 spiro atoms. The molecule has 3 unspecified atom stereocenters. The van der Waals surface area contributed by atoms with Crippen molar-refractivity contribution >= 4 is 11.6 Å². The lowest BCUT2D eigenvalue weighted by atomic mass is 9.94. The second-order valence-electron chi connectivity index (χ2n) is 7.97. The van der Waals surface area contributed by atoms with Crippen LogP contribution in [0.25, 0.3) is 5.78 Å². The number of hydrogen-bond acceptors (Lipinski definition) is 7. The molecule has 1 fully saturated rings. The molecule has 2 aromatic heterocycles. The third kappa shape index (κ3) is 4.17. The first kappa shape index (κ1) is 21.8. The summed E-state index contributed by atoms with van der Waals surface area (Å²) in [4.78, 5) is 8.85. The Hall–Kier alpha value is -3.06. The van der Waals surface area contributed by atoms with Crippen LogP contribution in [-0.4, -0.2) is 62.9 Å². The van der Waals surface area contributed by atoms with E-state index >= 15 is 0 Å². The Labute approximate surface area is 184 Å². The summed E-state index contributed by atoms with van der Waals surface area (Å²) in [6, 6.07) is 4.10. The van der Waals surface area contributed by atoms with E-state index in [9.17, 15) is 22.0 Å². The molecule has 5 rings (SSSR count). The van der Waals surface area contributed by atoms with E-state index < -0.39 is 35.6 Å². The van der Waals surface area contributed by atoms with Crippen molar-refractivity contribution in [2.75, 3.05) is 31.6 Å². The second kappa shape index (κ2) is 8.06. The monoisotopic (exact) mass is 470 g/mol. The van der Waals surface area contributed by atoms with Gasteiger partial charge in [0.1, 0.15) is 24.0 Å². The van der Waals surface area contributed by atoms with Crippen molar-refractivity contribution in [3.05, 3.63) is 47.4 Å². The van der Waals surface area contributed by atoms with Crippen LogP contribution in [0, 0.1) is 11.8 Å². The summed E-state index contributed by atoms with van der Waals surface area (Å²) in [7, 11) is 0. The van der Waals surface area contributed by atoms with Crippen molar-refractivity contribution in [1.82, 2.24) is 24.5 Å². The molecule has 176 valence electrons. The number of benzene rings is 1. The van der Waals surface area contributed by atoms with Gasteiger partial charge in [-0.05, 0) is 13.0 Å². The molecule has 2 aliphatic rings. The predicted molar refractivity (Wildman–Crippen MR) is 105 cm³/mol. The Morgan fingerprint density at radius 3 is 2.73 bits per heavy atom. The summed E-state index contributed by atoms with van der Waals surface area (Å²) < 4.78 is 79.7. The van der Waals surface area contributed by atoms with Gasteiger partial charge < -0.3 is 14.8 Å². The first-order valence-corrected chi connectivity index (χ1v) is 10.2. The average molecular weight is 470 g/mol.